The Balaban J connectivity index is 0.00000237. The number of piperidine rings is 1. The highest BCUT2D eigenvalue weighted by atomic mass is 35.5. The van der Waals surface area contributed by atoms with Gasteiger partial charge in [-0.3, -0.25) is 4.99 Å². The lowest BCUT2D eigenvalue weighted by Crippen LogP contribution is -2.40. The van der Waals surface area contributed by atoms with Crippen LogP contribution >= 0.6 is 11.6 Å². The van der Waals surface area contributed by atoms with Crippen molar-refractivity contribution in [2.24, 2.45) is 10.7 Å². The van der Waals surface area contributed by atoms with Crippen molar-refractivity contribution in [1.82, 2.24) is 15.5 Å². The van der Waals surface area contributed by atoms with Gasteiger partial charge in [0.05, 0.1) is 12.4 Å². The fourth-order valence-electron chi connectivity index (χ4n) is 5.96. The topological polar surface area (TPSA) is 118 Å². The predicted molar refractivity (Wildman–Crippen MR) is 211 cm³/mol. The van der Waals surface area contributed by atoms with Crippen LogP contribution in [0.4, 0.5) is 9.59 Å². The summed E-state index contributed by atoms with van der Waals surface area (Å²) < 4.78 is 11.6. The Morgan fingerprint density at radius 3 is 2.40 bits per heavy atom. The lowest BCUT2D eigenvalue weighted by molar-refractivity contribution is 0.0320. The highest BCUT2D eigenvalue weighted by Crippen LogP contribution is 2.36. The standard InChI is InChI=1S/C36H51ClN4O4.C2H5N.C2H6/c1-7-9-14-30(27-18-22-41(23-19-27)35(43)44-29-12-10-11-13-29)31-16-15-28(37)24-32(31)26(3)33(17-21-39-25-38-6)40-34(42)45-36(4,5)20-8-2;1-2-3;1-2/h7,9,15-17,21,24-25,29,33H,3,8,10-14,18-20,22-23H2,1-2,4-6H3,(H,38,39)(H,40,42);2H,1,3H2;1-2H3/b9-7-,21-17+;;. The van der Waals surface area contributed by atoms with Crippen molar-refractivity contribution in [2.45, 2.75) is 117 Å². The molecule has 0 bridgehead atoms. The van der Waals surface area contributed by atoms with Crippen LogP contribution in [0.3, 0.4) is 0 Å². The number of nitrogens with zero attached hydrogens (tertiary/aromatic N) is 2. The van der Waals surface area contributed by atoms with Gasteiger partial charge in [-0.05, 0) is 119 Å². The summed E-state index contributed by atoms with van der Waals surface area (Å²) in [4.78, 5) is 31.7. The maximum absolute atomic E-state index is 13.1. The molecule has 1 aromatic rings. The molecular formula is C40H62ClN5O4. The van der Waals surface area contributed by atoms with Gasteiger partial charge in [0.2, 0.25) is 0 Å². The van der Waals surface area contributed by atoms with E-state index >= 15 is 0 Å². The molecule has 2 aliphatic rings. The summed E-state index contributed by atoms with van der Waals surface area (Å²) >= 11 is 6.57. The van der Waals surface area contributed by atoms with Gasteiger partial charge in [0.25, 0.3) is 0 Å². The number of amides is 2. The molecule has 0 radical (unpaired) electrons. The Labute approximate surface area is 306 Å². The highest BCUT2D eigenvalue weighted by Gasteiger charge is 2.28. The van der Waals surface area contributed by atoms with Gasteiger partial charge < -0.3 is 30.7 Å². The third-order valence-electron chi connectivity index (χ3n) is 8.29. The number of ether oxygens (including phenoxy) is 2. The number of benzene rings is 1. The van der Waals surface area contributed by atoms with Crippen LogP contribution in [0.25, 0.3) is 11.1 Å². The van der Waals surface area contributed by atoms with E-state index in [4.69, 9.17) is 21.1 Å². The molecule has 1 saturated heterocycles. The van der Waals surface area contributed by atoms with Crippen LogP contribution in [-0.2, 0) is 9.47 Å². The second kappa shape index (κ2) is 24.2. The predicted octanol–water partition coefficient (Wildman–Crippen LogP) is 9.80. The first kappa shape index (κ1) is 44.0. The van der Waals surface area contributed by atoms with E-state index in [9.17, 15) is 9.59 Å². The summed E-state index contributed by atoms with van der Waals surface area (Å²) in [5.74, 6) is 0. The number of rotatable bonds is 13. The van der Waals surface area contributed by atoms with Crippen LogP contribution in [0, 0.1) is 0 Å². The van der Waals surface area contributed by atoms with Gasteiger partial charge in [0, 0.05) is 31.4 Å². The molecule has 1 saturated carbocycles. The van der Waals surface area contributed by atoms with Crippen molar-refractivity contribution in [3.63, 3.8) is 0 Å². The first-order valence-electron chi connectivity index (χ1n) is 17.9. The molecule has 1 unspecified atom stereocenters. The number of carbonyl (C=O) groups excluding carboxylic acids is 2. The zero-order valence-electron chi connectivity index (χ0n) is 31.5. The molecule has 4 N–H and O–H groups in total. The maximum Gasteiger partial charge on any atom is 0.410 e. The molecule has 2 amide bonds. The number of likely N-dealkylation sites (tertiary alicyclic amines) is 1. The van der Waals surface area contributed by atoms with Crippen LogP contribution in [0.2, 0.25) is 5.02 Å². The summed E-state index contributed by atoms with van der Waals surface area (Å²) in [5, 5.41) is 6.55. The zero-order chi connectivity index (χ0) is 37.5. The van der Waals surface area contributed by atoms with Crippen molar-refractivity contribution in [3.05, 3.63) is 83.7 Å². The van der Waals surface area contributed by atoms with Crippen LogP contribution in [0.15, 0.2) is 72.6 Å². The quantitative estimate of drug-likeness (QED) is 0.107. The van der Waals surface area contributed by atoms with E-state index in [1.165, 1.54) is 17.3 Å². The van der Waals surface area contributed by atoms with Gasteiger partial charge in [-0.25, -0.2) is 9.59 Å². The molecule has 1 atom stereocenters. The number of carbonyl (C=O) groups is 2. The number of halogens is 1. The van der Waals surface area contributed by atoms with Crippen LogP contribution in [0.5, 0.6) is 0 Å². The Morgan fingerprint density at radius 1 is 1.18 bits per heavy atom. The van der Waals surface area contributed by atoms with E-state index in [2.05, 4.69) is 47.5 Å². The molecule has 1 aliphatic carbocycles. The Kier molecular flexibility index (Phi) is 21.3. The number of alkyl carbamates (subject to hydrolysis) is 1. The van der Waals surface area contributed by atoms with E-state index in [1.54, 1.807) is 19.6 Å². The lowest BCUT2D eigenvalue weighted by atomic mass is 9.85. The molecule has 50 heavy (non-hydrogen) atoms. The summed E-state index contributed by atoms with van der Waals surface area (Å²) in [5.41, 5.74) is 8.98. The molecule has 10 heteroatoms. The smallest absolute Gasteiger partial charge is 0.410 e. The fourth-order valence-corrected chi connectivity index (χ4v) is 6.13. The Morgan fingerprint density at radius 2 is 1.82 bits per heavy atom. The van der Waals surface area contributed by atoms with E-state index in [-0.39, 0.29) is 12.2 Å². The van der Waals surface area contributed by atoms with E-state index in [0.29, 0.717) is 23.7 Å². The maximum atomic E-state index is 13.1. The minimum atomic E-state index is -0.606. The van der Waals surface area contributed by atoms with E-state index < -0.39 is 17.7 Å². The average molecular weight is 712 g/mol. The molecule has 0 spiro atoms. The van der Waals surface area contributed by atoms with Crippen molar-refractivity contribution in [2.75, 3.05) is 20.1 Å². The highest BCUT2D eigenvalue weighted by molar-refractivity contribution is 6.30. The van der Waals surface area contributed by atoms with Gasteiger partial charge >= 0.3 is 12.2 Å². The molecule has 278 valence electrons. The monoisotopic (exact) mass is 711 g/mol. The molecule has 1 aromatic carbocycles. The summed E-state index contributed by atoms with van der Waals surface area (Å²) in [6.45, 7) is 20.7. The second-order valence-corrected chi connectivity index (χ2v) is 13.0. The largest absolute Gasteiger partial charge is 0.446 e. The first-order chi connectivity index (χ1) is 24.0. The lowest BCUT2D eigenvalue weighted by Gasteiger charge is -2.31. The first-order valence-corrected chi connectivity index (χ1v) is 18.3. The number of nitrogens with one attached hydrogen (secondary N) is 2. The average Bonchev–Trinajstić information content (AvgIpc) is 3.60. The summed E-state index contributed by atoms with van der Waals surface area (Å²) in [6, 6.07) is 5.22. The Bertz CT molecular complexity index is 1330. The number of hydrogen-bond donors (Lipinski definition) is 3. The van der Waals surface area contributed by atoms with Crippen LogP contribution < -0.4 is 16.4 Å². The molecular weight excluding hydrogens is 650 g/mol. The van der Waals surface area contributed by atoms with Crippen molar-refractivity contribution >= 4 is 41.3 Å². The van der Waals surface area contributed by atoms with E-state index in [0.717, 1.165) is 68.9 Å². The van der Waals surface area contributed by atoms with Gasteiger partial charge in [0.1, 0.15) is 11.7 Å². The molecule has 1 heterocycles. The molecule has 9 nitrogen and oxygen atoms in total. The van der Waals surface area contributed by atoms with Gasteiger partial charge in [0.15, 0.2) is 0 Å². The third-order valence-corrected chi connectivity index (χ3v) is 8.53. The molecule has 2 fully saturated rings. The minimum Gasteiger partial charge on any atom is -0.446 e. The zero-order valence-corrected chi connectivity index (χ0v) is 32.3. The SMILES string of the molecule is C=C(c1cc(Cl)ccc1C(C/C=C\C)=C1CCN(C(=O)OC2CCCC2)CC1)C(/C=C/NC=NC)NC(=O)OC(C)(C)CCC.C=CN.CC. The fraction of sp³-hybridized carbons (Fsp3) is 0.525. The second-order valence-electron chi connectivity index (χ2n) is 12.5. The third kappa shape index (κ3) is 15.3. The van der Waals surface area contributed by atoms with E-state index in [1.807, 2.05) is 69.9 Å². The summed E-state index contributed by atoms with van der Waals surface area (Å²) in [7, 11) is 1.67. The molecule has 0 aromatic heterocycles. The number of allylic oxidation sites excluding steroid dienone is 3. The Hall–Kier alpha value is -3.98. The number of aliphatic imine (C=N–C) groups is 1. The molecule has 3 rings (SSSR count). The minimum absolute atomic E-state index is 0.0531. The summed E-state index contributed by atoms with van der Waals surface area (Å²) in [6.07, 6.45) is 17.9. The van der Waals surface area contributed by atoms with Crippen molar-refractivity contribution in [1.29, 1.82) is 0 Å². The molecule has 1 aliphatic heterocycles. The van der Waals surface area contributed by atoms with Gasteiger partial charge in [-0.1, -0.05) is 75.7 Å². The normalized spacial score (nSPS) is 15.5. The van der Waals surface area contributed by atoms with Crippen molar-refractivity contribution in [3.8, 4) is 0 Å². The van der Waals surface area contributed by atoms with Crippen LogP contribution in [0.1, 0.15) is 110 Å². The number of nitrogens with two attached hydrogens (primary N) is 1. The van der Waals surface area contributed by atoms with Crippen molar-refractivity contribution < 1.29 is 19.1 Å². The van der Waals surface area contributed by atoms with Crippen LogP contribution in [-0.4, -0.2) is 61.3 Å². The van der Waals surface area contributed by atoms with Gasteiger partial charge in [-0.15, -0.1) is 0 Å². The van der Waals surface area contributed by atoms with Gasteiger partial charge in [-0.2, -0.15) is 0 Å². The number of hydrogen-bond acceptors (Lipinski definition) is 6.